The smallest absolute Gasteiger partial charge is 0.240 e. The predicted octanol–water partition coefficient (Wildman–Crippen LogP) is 1.95. The molecule has 0 aliphatic heterocycles. The molecule has 3 N–H and O–H groups in total. The van der Waals surface area contributed by atoms with Crippen LogP contribution in [-0.2, 0) is 10.0 Å². The van der Waals surface area contributed by atoms with E-state index in [1.54, 1.807) is 24.3 Å². The second kappa shape index (κ2) is 7.24. The zero-order valence-corrected chi connectivity index (χ0v) is 13.2. The number of anilines is 1. The molecule has 2 atom stereocenters. The number of hydrogen-bond donors (Lipinski definition) is 3. The average molecular weight is 312 g/mol. The molecule has 118 valence electrons. The summed E-state index contributed by atoms with van der Waals surface area (Å²) >= 11 is 0. The first-order chi connectivity index (χ1) is 10.0. The van der Waals surface area contributed by atoms with Crippen LogP contribution >= 0.6 is 0 Å². The van der Waals surface area contributed by atoms with Gasteiger partial charge in [-0.2, -0.15) is 0 Å². The topological polar surface area (TPSA) is 78.4 Å². The van der Waals surface area contributed by atoms with E-state index in [0.717, 1.165) is 37.9 Å². The molecule has 0 heterocycles. The van der Waals surface area contributed by atoms with E-state index in [4.69, 9.17) is 0 Å². The summed E-state index contributed by atoms with van der Waals surface area (Å²) in [5.41, 5.74) is 0.908. The number of rotatable bonds is 7. The Bertz CT molecular complexity index is 543. The van der Waals surface area contributed by atoms with E-state index >= 15 is 0 Å². The third-order valence-electron chi connectivity index (χ3n) is 3.82. The highest BCUT2D eigenvalue weighted by molar-refractivity contribution is 7.89. The summed E-state index contributed by atoms with van der Waals surface area (Å²) in [7, 11) is -3.39. The molecule has 1 saturated carbocycles. The molecule has 0 saturated heterocycles. The molecule has 5 nitrogen and oxygen atoms in total. The summed E-state index contributed by atoms with van der Waals surface area (Å²) in [6, 6.07) is 6.80. The van der Waals surface area contributed by atoms with Crippen LogP contribution in [0.3, 0.4) is 0 Å². The minimum absolute atomic E-state index is 0.158. The lowest BCUT2D eigenvalue weighted by atomic mass is 10.1. The van der Waals surface area contributed by atoms with Crippen LogP contribution in [0.5, 0.6) is 0 Å². The normalized spacial score (nSPS) is 22.4. The van der Waals surface area contributed by atoms with Gasteiger partial charge in [0.2, 0.25) is 10.0 Å². The lowest BCUT2D eigenvalue weighted by Crippen LogP contribution is -2.24. The van der Waals surface area contributed by atoms with Gasteiger partial charge >= 0.3 is 0 Å². The Morgan fingerprint density at radius 3 is 2.52 bits per heavy atom. The van der Waals surface area contributed by atoms with Crippen LogP contribution in [0.1, 0.15) is 32.6 Å². The molecule has 1 aromatic carbocycles. The Morgan fingerprint density at radius 2 is 1.95 bits per heavy atom. The van der Waals surface area contributed by atoms with Crippen LogP contribution in [0, 0.1) is 5.92 Å². The van der Waals surface area contributed by atoms with E-state index in [9.17, 15) is 13.5 Å². The Labute approximate surface area is 126 Å². The molecule has 1 aromatic rings. The fraction of sp³-hybridized carbons (Fsp3) is 0.600. The van der Waals surface area contributed by atoms with Crippen LogP contribution in [0.15, 0.2) is 29.2 Å². The van der Waals surface area contributed by atoms with Gasteiger partial charge in [-0.15, -0.1) is 0 Å². The van der Waals surface area contributed by atoms with Crippen molar-refractivity contribution in [2.24, 2.45) is 5.92 Å². The molecule has 0 radical (unpaired) electrons. The van der Waals surface area contributed by atoms with Gasteiger partial charge in [0.25, 0.3) is 0 Å². The van der Waals surface area contributed by atoms with Crippen molar-refractivity contribution in [2.75, 3.05) is 18.4 Å². The van der Waals surface area contributed by atoms with E-state index in [0.29, 0.717) is 12.5 Å². The van der Waals surface area contributed by atoms with Gasteiger partial charge in [-0.3, -0.25) is 0 Å². The Morgan fingerprint density at radius 1 is 1.24 bits per heavy atom. The van der Waals surface area contributed by atoms with Crippen molar-refractivity contribution in [1.29, 1.82) is 0 Å². The van der Waals surface area contributed by atoms with Crippen LogP contribution < -0.4 is 10.0 Å². The van der Waals surface area contributed by atoms with Gasteiger partial charge in [-0.1, -0.05) is 6.92 Å². The number of nitrogens with one attached hydrogen (secondary N) is 2. The van der Waals surface area contributed by atoms with Crippen molar-refractivity contribution < 1.29 is 13.5 Å². The van der Waals surface area contributed by atoms with Crippen LogP contribution in [0.25, 0.3) is 0 Å². The van der Waals surface area contributed by atoms with Crippen molar-refractivity contribution in [2.45, 2.75) is 43.6 Å². The second-order valence-corrected chi connectivity index (χ2v) is 7.40. The fourth-order valence-corrected chi connectivity index (χ4v) is 3.70. The highest BCUT2D eigenvalue weighted by Gasteiger charge is 2.22. The van der Waals surface area contributed by atoms with Gasteiger partial charge in [-0.25, -0.2) is 13.1 Å². The maximum Gasteiger partial charge on any atom is 0.240 e. The van der Waals surface area contributed by atoms with E-state index in [-0.39, 0.29) is 11.0 Å². The minimum atomic E-state index is -3.39. The van der Waals surface area contributed by atoms with Crippen molar-refractivity contribution in [1.82, 2.24) is 4.72 Å². The molecule has 2 unspecified atom stereocenters. The largest absolute Gasteiger partial charge is 0.393 e. The summed E-state index contributed by atoms with van der Waals surface area (Å²) in [4.78, 5) is 0.290. The lowest BCUT2D eigenvalue weighted by molar-refractivity contribution is 0.178. The van der Waals surface area contributed by atoms with Crippen LogP contribution in [-0.4, -0.2) is 32.7 Å². The molecule has 1 aliphatic carbocycles. The van der Waals surface area contributed by atoms with Gasteiger partial charge in [0.1, 0.15) is 0 Å². The maximum absolute atomic E-state index is 11.9. The maximum atomic E-state index is 11.9. The van der Waals surface area contributed by atoms with Gasteiger partial charge in [-0.05, 0) is 55.9 Å². The summed E-state index contributed by atoms with van der Waals surface area (Å²) < 4.78 is 26.4. The predicted molar refractivity (Wildman–Crippen MR) is 83.8 cm³/mol. The zero-order chi connectivity index (χ0) is 15.3. The molecule has 2 rings (SSSR count). The molecule has 1 fully saturated rings. The highest BCUT2D eigenvalue weighted by Crippen LogP contribution is 2.25. The Kier molecular flexibility index (Phi) is 5.61. The first-order valence-corrected chi connectivity index (χ1v) is 9.01. The van der Waals surface area contributed by atoms with E-state index in [2.05, 4.69) is 10.0 Å². The van der Waals surface area contributed by atoms with Gasteiger partial charge < -0.3 is 10.4 Å². The molecule has 0 amide bonds. The highest BCUT2D eigenvalue weighted by atomic mass is 32.2. The van der Waals surface area contributed by atoms with Crippen LogP contribution in [0.2, 0.25) is 0 Å². The third kappa shape index (κ3) is 4.69. The standard InChI is InChI=1S/C15H24N2O3S/c1-2-9-17-21(19,20)15-7-4-13(5-8-15)16-11-12-3-6-14(18)10-12/h4-5,7-8,12,14,16-18H,2-3,6,9-11H2,1H3. The van der Waals surface area contributed by atoms with Crippen molar-refractivity contribution in [3.8, 4) is 0 Å². The number of hydrogen-bond acceptors (Lipinski definition) is 4. The third-order valence-corrected chi connectivity index (χ3v) is 5.29. The number of benzene rings is 1. The fourth-order valence-electron chi connectivity index (χ4n) is 2.57. The summed E-state index contributed by atoms with van der Waals surface area (Å²) in [5.74, 6) is 0.495. The molecular weight excluding hydrogens is 288 g/mol. The van der Waals surface area contributed by atoms with E-state index in [1.165, 1.54) is 0 Å². The minimum Gasteiger partial charge on any atom is -0.393 e. The zero-order valence-electron chi connectivity index (χ0n) is 12.4. The SMILES string of the molecule is CCCNS(=O)(=O)c1ccc(NCC2CCC(O)C2)cc1. The molecule has 21 heavy (non-hydrogen) atoms. The van der Waals surface area contributed by atoms with Crippen molar-refractivity contribution >= 4 is 15.7 Å². The summed E-state index contributed by atoms with van der Waals surface area (Å²) in [6.45, 7) is 3.19. The summed E-state index contributed by atoms with van der Waals surface area (Å²) in [5, 5.41) is 12.8. The van der Waals surface area contributed by atoms with Gasteiger partial charge in [0.05, 0.1) is 11.0 Å². The molecular formula is C15H24N2O3S. The lowest BCUT2D eigenvalue weighted by Gasteiger charge is -2.12. The first-order valence-electron chi connectivity index (χ1n) is 7.53. The quantitative estimate of drug-likeness (QED) is 0.719. The Hall–Kier alpha value is -1.11. The van der Waals surface area contributed by atoms with Crippen LogP contribution in [0.4, 0.5) is 5.69 Å². The molecule has 0 aromatic heterocycles. The van der Waals surface area contributed by atoms with Gasteiger partial charge in [0, 0.05) is 18.8 Å². The number of sulfonamides is 1. The van der Waals surface area contributed by atoms with Crippen molar-refractivity contribution in [3.05, 3.63) is 24.3 Å². The molecule has 6 heteroatoms. The second-order valence-electron chi connectivity index (χ2n) is 5.64. The average Bonchev–Trinajstić information content (AvgIpc) is 2.89. The monoisotopic (exact) mass is 312 g/mol. The number of aliphatic hydroxyl groups is 1. The molecule has 0 spiro atoms. The van der Waals surface area contributed by atoms with E-state index in [1.807, 2.05) is 6.92 Å². The first kappa shape index (κ1) is 16.3. The van der Waals surface area contributed by atoms with Crippen molar-refractivity contribution in [3.63, 3.8) is 0 Å². The summed E-state index contributed by atoms with van der Waals surface area (Å²) in [6.07, 6.45) is 3.38. The molecule has 1 aliphatic rings. The Balaban J connectivity index is 1.89. The molecule has 0 bridgehead atoms. The van der Waals surface area contributed by atoms with Gasteiger partial charge in [0.15, 0.2) is 0 Å². The number of aliphatic hydroxyl groups excluding tert-OH is 1. The van der Waals surface area contributed by atoms with E-state index < -0.39 is 10.0 Å².